The number of carbonyl (C=O) groups is 1. The van der Waals surface area contributed by atoms with E-state index in [0.29, 0.717) is 17.7 Å². The minimum Gasteiger partial charge on any atom is -0.342 e. The SMILES string of the molecule is O=C(C1CC=CCC1)N1CCCC(Cc2nc(C3CC3)no2)C1. The summed E-state index contributed by atoms with van der Waals surface area (Å²) in [6, 6.07) is 0. The maximum Gasteiger partial charge on any atom is 0.226 e. The Morgan fingerprint density at radius 3 is 2.96 bits per heavy atom. The molecule has 5 heteroatoms. The zero-order valence-electron chi connectivity index (χ0n) is 13.6. The van der Waals surface area contributed by atoms with E-state index in [0.717, 1.165) is 63.3 Å². The number of hydrogen-bond acceptors (Lipinski definition) is 4. The van der Waals surface area contributed by atoms with Crippen molar-refractivity contribution in [2.24, 2.45) is 11.8 Å². The topological polar surface area (TPSA) is 59.2 Å². The molecule has 1 aromatic heterocycles. The number of amides is 1. The van der Waals surface area contributed by atoms with Crippen LogP contribution in [0.5, 0.6) is 0 Å². The summed E-state index contributed by atoms with van der Waals surface area (Å²) in [6.07, 6.45) is 12.7. The van der Waals surface area contributed by atoms with Gasteiger partial charge >= 0.3 is 0 Å². The van der Waals surface area contributed by atoms with Crippen LogP contribution in [0.4, 0.5) is 0 Å². The van der Waals surface area contributed by atoms with Crippen molar-refractivity contribution in [1.82, 2.24) is 15.0 Å². The van der Waals surface area contributed by atoms with Crippen molar-refractivity contribution in [3.8, 4) is 0 Å². The van der Waals surface area contributed by atoms with E-state index in [-0.39, 0.29) is 5.92 Å². The van der Waals surface area contributed by atoms with E-state index in [1.165, 1.54) is 12.8 Å². The number of carbonyl (C=O) groups excluding carboxylic acids is 1. The van der Waals surface area contributed by atoms with Crippen LogP contribution in [0.2, 0.25) is 0 Å². The lowest BCUT2D eigenvalue weighted by Gasteiger charge is -2.35. The van der Waals surface area contributed by atoms with Crippen LogP contribution in [0.25, 0.3) is 0 Å². The van der Waals surface area contributed by atoms with Crippen LogP contribution in [-0.4, -0.2) is 34.0 Å². The summed E-state index contributed by atoms with van der Waals surface area (Å²) < 4.78 is 5.41. The molecular formula is C18H25N3O2. The van der Waals surface area contributed by atoms with Crippen LogP contribution in [0, 0.1) is 11.8 Å². The third-order valence-corrected chi connectivity index (χ3v) is 5.34. The molecule has 2 aliphatic carbocycles. The Kier molecular flexibility index (Phi) is 4.19. The highest BCUT2D eigenvalue weighted by molar-refractivity contribution is 5.79. The predicted octanol–water partition coefficient (Wildman–Crippen LogP) is 3.08. The molecule has 0 N–H and O–H groups in total. The highest BCUT2D eigenvalue weighted by atomic mass is 16.5. The Morgan fingerprint density at radius 2 is 2.17 bits per heavy atom. The van der Waals surface area contributed by atoms with Gasteiger partial charge in [0, 0.05) is 31.3 Å². The molecule has 0 radical (unpaired) electrons. The van der Waals surface area contributed by atoms with Gasteiger partial charge < -0.3 is 9.42 Å². The number of allylic oxidation sites excluding steroid dienone is 2. The normalized spacial score (nSPS) is 28.1. The lowest BCUT2D eigenvalue weighted by molar-refractivity contribution is -0.137. The molecule has 1 aromatic rings. The maximum absolute atomic E-state index is 12.7. The summed E-state index contributed by atoms with van der Waals surface area (Å²) in [5.74, 6) is 3.19. The lowest BCUT2D eigenvalue weighted by Crippen LogP contribution is -2.43. The molecule has 23 heavy (non-hydrogen) atoms. The molecule has 2 heterocycles. The first-order valence-corrected chi connectivity index (χ1v) is 9.06. The zero-order valence-corrected chi connectivity index (χ0v) is 13.6. The van der Waals surface area contributed by atoms with Crippen molar-refractivity contribution in [3.05, 3.63) is 23.9 Å². The fraction of sp³-hybridized carbons (Fsp3) is 0.722. The average molecular weight is 315 g/mol. The lowest BCUT2D eigenvalue weighted by atomic mass is 9.90. The zero-order chi connectivity index (χ0) is 15.6. The van der Waals surface area contributed by atoms with Crippen molar-refractivity contribution >= 4 is 5.91 Å². The second-order valence-corrected chi connectivity index (χ2v) is 7.30. The Labute approximate surface area is 137 Å². The summed E-state index contributed by atoms with van der Waals surface area (Å²) in [5.41, 5.74) is 0. The molecule has 3 aliphatic rings. The largest absolute Gasteiger partial charge is 0.342 e. The second kappa shape index (κ2) is 6.46. The maximum atomic E-state index is 12.7. The minimum absolute atomic E-state index is 0.198. The van der Waals surface area contributed by atoms with E-state index in [4.69, 9.17) is 4.52 Å². The smallest absolute Gasteiger partial charge is 0.226 e. The van der Waals surface area contributed by atoms with Gasteiger partial charge in [0.1, 0.15) is 0 Å². The number of piperidine rings is 1. The summed E-state index contributed by atoms with van der Waals surface area (Å²) in [7, 11) is 0. The third-order valence-electron chi connectivity index (χ3n) is 5.34. The molecule has 1 saturated heterocycles. The summed E-state index contributed by atoms with van der Waals surface area (Å²) in [6.45, 7) is 1.76. The van der Waals surface area contributed by atoms with Gasteiger partial charge in [-0.15, -0.1) is 0 Å². The van der Waals surface area contributed by atoms with E-state index >= 15 is 0 Å². The molecule has 0 bridgehead atoms. The van der Waals surface area contributed by atoms with E-state index in [1.807, 2.05) is 0 Å². The van der Waals surface area contributed by atoms with Gasteiger partial charge in [-0.1, -0.05) is 17.3 Å². The molecule has 2 unspecified atom stereocenters. The van der Waals surface area contributed by atoms with Crippen LogP contribution >= 0.6 is 0 Å². The third kappa shape index (κ3) is 3.48. The van der Waals surface area contributed by atoms with Gasteiger partial charge in [-0.2, -0.15) is 4.98 Å². The average Bonchev–Trinajstić information content (AvgIpc) is 3.35. The first kappa shape index (κ1) is 14.9. The van der Waals surface area contributed by atoms with E-state index in [9.17, 15) is 4.79 Å². The number of likely N-dealkylation sites (tertiary alicyclic amines) is 1. The Bertz CT molecular complexity index is 591. The van der Waals surface area contributed by atoms with Crippen molar-refractivity contribution in [1.29, 1.82) is 0 Å². The number of hydrogen-bond donors (Lipinski definition) is 0. The molecule has 0 aromatic carbocycles. The van der Waals surface area contributed by atoms with Gasteiger partial charge in [0.05, 0.1) is 0 Å². The summed E-state index contributed by atoms with van der Waals surface area (Å²) in [4.78, 5) is 19.3. The van der Waals surface area contributed by atoms with Crippen LogP contribution in [0.1, 0.15) is 62.6 Å². The van der Waals surface area contributed by atoms with Crippen LogP contribution in [-0.2, 0) is 11.2 Å². The fourth-order valence-electron chi connectivity index (χ4n) is 3.81. The van der Waals surface area contributed by atoms with Gasteiger partial charge in [-0.25, -0.2) is 0 Å². The minimum atomic E-state index is 0.198. The highest BCUT2D eigenvalue weighted by Gasteiger charge is 2.31. The van der Waals surface area contributed by atoms with E-state index in [1.54, 1.807) is 0 Å². The summed E-state index contributed by atoms with van der Waals surface area (Å²) >= 11 is 0. The van der Waals surface area contributed by atoms with Gasteiger partial charge in [-0.05, 0) is 50.9 Å². The highest BCUT2D eigenvalue weighted by Crippen LogP contribution is 2.38. The van der Waals surface area contributed by atoms with Crippen LogP contribution < -0.4 is 0 Å². The first-order chi connectivity index (χ1) is 11.3. The monoisotopic (exact) mass is 315 g/mol. The Balaban J connectivity index is 1.34. The fourth-order valence-corrected chi connectivity index (χ4v) is 3.81. The van der Waals surface area contributed by atoms with E-state index in [2.05, 4.69) is 27.2 Å². The van der Waals surface area contributed by atoms with Gasteiger partial charge in [0.2, 0.25) is 11.8 Å². The van der Waals surface area contributed by atoms with Gasteiger partial charge in [0.15, 0.2) is 5.82 Å². The van der Waals surface area contributed by atoms with Crippen molar-refractivity contribution in [3.63, 3.8) is 0 Å². The van der Waals surface area contributed by atoms with Gasteiger partial charge in [-0.3, -0.25) is 4.79 Å². The number of aromatic nitrogens is 2. The van der Waals surface area contributed by atoms with E-state index < -0.39 is 0 Å². The van der Waals surface area contributed by atoms with Crippen molar-refractivity contribution in [2.45, 2.75) is 57.3 Å². The predicted molar refractivity (Wildman–Crippen MR) is 85.8 cm³/mol. The molecule has 4 rings (SSSR count). The quantitative estimate of drug-likeness (QED) is 0.801. The molecule has 124 valence electrons. The summed E-state index contributed by atoms with van der Waals surface area (Å²) in [5, 5.41) is 4.10. The Morgan fingerprint density at radius 1 is 1.26 bits per heavy atom. The van der Waals surface area contributed by atoms with Crippen LogP contribution in [0.15, 0.2) is 16.7 Å². The molecular weight excluding hydrogens is 290 g/mol. The number of rotatable bonds is 4. The molecule has 1 saturated carbocycles. The number of nitrogens with zero attached hydrogens (tertiary/aromatic N) is 3. The molecule has 2 fully saturated rings. The van der Waals surface area contributed by atoms with Crippen molar-refractivity contribution in [2.75, 3.05) is 13.1 Å². The van der Waals surface area contributed by atoms with Crippen LogP contribution in [0.3, 0.4) is 0 Å². The molecule has 1 amide bonds. The van der Waals surface area contributed by atoms with Gasteiger partial charge in [0.25, 0.3) is 0 Å². The van der Waals surface area contributed by atoms with Crippen molar-refractivity contribution < 1.29 is 9.32 Å². The molecule has 5 nitrogen and oxygen atoms in total. The second-order valence-electron chi connectivity index (χ2n) is 7.30. The molecule has 1 aliphatic heterocycles. The first-order valence-electron chi connectivity index (χ1n) is 9.06. The molecule has 0 spiro atoms. The standard InChI is InChI=1S/C18H25N3O2/c22-18(15-6-2-1-3-7-15)21-10-4-5-13(12-21)11-16-19-17(20-23-16)14-8-9-14/h1-2,13-15H,3-12H2. The Hall–Kier alpha value is -1.65. The molecule has 2 atom stereocenters.